The topological polar surface area (TPSA) is 25.8 Å². The molecule has 96 valence electrons. The average molecular weight is 242 g/mol. The fourth-order valence-electron chi connectivity index (χ4n) is 1.73. The lowest BCUT2D eigenvalue weighted by Crippen LogP contribution is -1.85. The van der Waals surface area contributed by atoms with Gasteiger partial charge in [0.15, 0.2) is 0 Å². The van der Waals surface area contributed by atoms with Gasteiger partial charge in [-0.2, -0.15) is 0 Å². The minimum absolute atomic E-state index is 1.08. The van der Waals surface area contributed by atoms with E-state index in [1.54, 1.807) is 0 Å². The zero-order chi connectivity index (χ0) is 13.4. The number of nitrogens with zero attached hydrogens (tertiary/aromatic N) is 2. The molecule has 0 saturated carbocycles. The Hall–Kier alpha value is -1.70. The highest BCUT2D eigenvalue weighted by molar-refractivity contribution is 5.21. The van der Waals surface area contributed by atoms with Gasteiger partial charge >= 0.3 is 0 Å². The van der Waals surface area contributed by atoms with Crippen molar-refractivity contribution in [2.75, 3.05) is 0 Å². The Balaban J connectivity index is 0.000000180. The summed E-state index contributed by atoms with van der Waals surface area (Å²) in [5.41, 5.74) is 5.37. The van der Waals surface area contributed by atoms with Gasteiger partial charge in [0.2, 0.25) is 0 Å². The summed E-state index contributed by atoms with van der Waals surface area (Å²) in [7, 11) is 0. The molecule has 0 saturated heterocycles. The highest BCUT2D eigenvalue weighted by atomic mass is 14.6. The maximum absolute atomic E-state index is 4.02. The van der Waals surface area contributed by atoms with E-state index >= 15 is 0 Å². The van der Waals surface area contributed by atoms with Crippen LogP contribution in [0.3, 0.4) is 0 Å². The molecule has 2 heteroatoms. The van der Waals surface area contributed by atoms with E-state index in [1.165, 1.54) is 22.3 Å². The number of hydrogen-bond acceptors (Lipinski definition) is 2. The first-order valence-corrected chi connectivity index (χ1v) is 6.48. The fourth-order valence-corrected chi connectivity index (χ4v) is 1.73. The maximum atomic E-state index is 4.02. The summed E-state index contributed by atoms with van der Waals surface area (Å²) < 4.78 is 0. The third-order valence-electron chi connectivity index (χ3n) is 3.06. The second-order valence-electron chi connectivity index (χ2n) is 4.31. The molecule has 0 radical (unpaired) electrons. The zero-order valence-electron chi connectivity index (χ0n) is 11.8. The molecule has 2 heterocycles. The van der Waals surface area contributed by atoms with Gasteiger partial charge in [0.1, 0.15) is 0 Å². The van der Waals surface area contributed by atoms with Gasteiger partial charge in [0, 0.05) is 24.8 Å². The van der Waals surface area contributed by atoms with Crippen LogP contribution in [0.1, 0.15) is 36.1 Å². The van der Waals surface area contributed by atoms with Crippen LogP contribution in [0.4, 0.5) is 0 Å². The molecular weight excluding hydrogens is 220 g/mol. The molecule has 0 aromatic carbocycles. The molecule has 18 heavy (non-hydrogen) atoms. The molecule has 0 aliphatic rings. The summed E-state index contributed by atoms with van der Waals surface area (Å²) in [5.74, 6) is 0. The van der Waals surface area contributed by atoms with Crippen molar-refractivity contribution in [3.8, 4) is 0 Å². The van der Waals surface area contributed by atoms with Crippen molar-refractivity contribution < 1.29 is 0 Å². The van der Waals surface area contributed by atoms with E-state index in [4.69, 9.17) is 0 Å². The molecule has 0 N–H and O–H groups in total. The van der Waals surface area contributed by atoms with Crippen LogP contribution in [0.5, 0.6) is 0 Å². The summed E-state index contributed by atoms with van der Waals surface area (Å²) >= 11 is 0. The van der Waals surface area contributed by atoms with Crippen LogP contribution < -0.4 is 0 Å². The van der Waals surface area contributed by atoms with Crippen molar-refractivity contribution in [3.63, 3.8) is 0 Å². The van der Waals surface area contributed by atoms with Gasteiger partial charge in [-0.25, -0.2) is 0 Å². The fraction of sp³-hybridized carbons (Fsp3) is 0.375. The van der Waals surface area contributed by atoms with Crippen molar-refractivity contribution >= 4 is 0 Å². The van der Waals surface area contributed by atoms with E-state index in [2.05, 4.69) is 37.7 Å². The normalized spacial score (nSPS) is 9.56. The first kappa shape index (κ1) is 14.4. The quantitative estimate of drug-likeness (QED) is 0.798. The van der Waals surface area contributed by atoms with Crippen LogP contribution >= 0.6 is 0 Å². The van der Waals surface area contributed by atoms with Gasteiger partial charge in [-0.1, -0.05) is 13.8 Å². The standard InChI is InChI=1S/2C8H11N/c2*1-3-8-6-9-5-4-7(8)2/h2*4-6H,3H2,1-2H3. The predicted octanol–water partition coefficient (Wildman–Crippen LogP) is 3.90. The van der Waals surface area contributed by atoms with E-state index < -0.39 is 0 Å². The molecule has 0 amide bonds. The van der Waals surface area contributed by atoms with Crippen molar-refractivity contribution in [1.82, 2.24) is 9.97 Å². The number of rotatable bonds is 2. The maximum Gasteiger partial charge on any atom is 0.0302 e. The van der Waals surface area contributed by atoms with Gasteiger partial charge in [0.25, 0.3) is 0 Å². The summed E-state index contributed by atoms with van der Waals surface area (Å²) in [6, 6.07) is 4.08. The minimum Gasteiger partial charge on any atom is -0.264 e. The number of aromatic nitrogens is 2. The van der Waals surface area contributed by atoms with Gasteiger partial charge in [0.05, 0.1) is 0 Å². The molecule has 0 spiro atoms. The van der Waals surface area contributed by atoms with Gasteiger partial charge in [-0.15, -0.1) is 0 Å². The van der Waals surface area contributed by atoms with Crippen LogP contribution in [0.25, 0.3) is 0 Å². The third-order valence-corrected chi connectivity index (χ3v) is 3.06. The van der Waals surface area contributed by atoms with Crippen LogP contribution in [-0.2, 0) is 12.8 Å². The lowest BCUT2D eigenvalue weighted by molar-refractivity contribution is 1.07. The Morgan fingerprint density at radius 1 is 0.778 bits per heavy atom. The molecule has 0 aliphatic carbocycles. The SMILES string of the molecule is CCc1cnccc1C.CCc1cnccc1C. The van der Waals surface area contributed by atoms with Crippen LogP contribution in [0, 0.1) is 13.8 Å². The first-order chi connectivity index (χ1) is 8.69. The van der Waals surface area contributed by atoms with Crippen LogP contribution in [-0.4, -0.2) is 9.97 Å². The monoisotopic (exact) mass is 242 g/mol. The lowest BCUT2D eigenvalue weighted by Gasteiger charge is -1.97. The van der Waals surface area contributed by atoms with Crippen molar-refractivity contribution in [2.24, 2.45) is 0 Å². The van der Waals surface area contributed by atoms with E-state index in [0.29, 0.717) is 0 Å². The van der Waals surface area contributed by atoms with Gasteiger partial charge in [-0.3, -0.25) is 9.97 Å². The van der Waals surface area contributed by atoms with Gasteiger partial charge < -0.3 is 0 Å². The summed E-state index contributed by atoms with van der Waals surface area (Å²) in [4.78, 5) is 8.03. The van der Waals surface area contributed by atoms with Gasteiger partial charge in [-0.05, 0) is 61.1 Å². The molecule has 0 aliphatic heterocycles. The molecular formula is C16H22N2. The zero-order valence-corrected chi connectivity index (χ0v) is 11.8. The predicted molar refractivity (Wildman–Crippen MR) is 76.7 cm³/mol. The smallest absolute Gasteiger partial charge is 0.0302 e. The third kappa shape index (κ3) is 4.28. The highest BCUT2D eigenvalue weighted by Gasteiger charge is 1.91. The van der Waals surface area contributed by atoms with E-state index in [1.807, 2.05) is 36.9 Å². The molecule has 2 aromatic heterocycles. The lowest BCUT2D eigenvalue weighted by atomic mass is 10.1. The number of hydrogen-bond donors (Lipinski definition) is 0. The Morgan fingerprint density at radius 2 is 1.17 bits per heavy atom. The Kier molecular flexibility index (Phi) is 6.06. The molecule has 0 fully saturated rings. The van der Waals surface area contributed by atoms with Crippen molar-refractivity contribution in [1.29, 1.82) is 0 Å². The summed E-state index contributed by atoms with van der Waals surface area (Å²) in [5, 5.41) is 0. The molecule has 2 aromatic rings. The number of pyridine rings is 2. The Labute approximate surface area is 110 Å². The first-order valence-electron chi connectivity index (χ1n) is 6.48. The molecule has 2 nitrogen and oxygen atoms in total. The Morgan fingerprint density at radius 3 is 1.39 bits per heavy atom. The molecule has 2 rings (SSSR count). The largest absolute Gasteiger partial charge is 0.264 e. The van der Waals surface area contributed by atoms with E-state index in [-0.39, 0.29) is 0 Å². The molecule has 0 unspecified atom stereocenters. The second kappa shape index (κ2) is 7.59. The van der Waals surface area contributed by atoms with Crippen molar-refractivity contribution in [2.45, 2.75) is 40.5 Å². The highest BCUT2D eigenvalue weighted by Crippen LogP contribution is 2.04. The summed E-state index contributed by atoms with van der Waals surface area (Å²) in [6.07, 6.45) is 9.67. The second-order valence-corrected chi connectivity index (χ2v) is 4.31. The molecule has 0 atom stereocenters. The average Bonchev–Trinajstić information content (AvgIpc) is 2.41. The minimum atomic E-state index is 1.08. The van der Waals surface area contributed by atoms with Crippen molar-refractivity contribution in [3.05, 3.63) is 59.2 Å². The molecule has 0 bridgehead atoms. The van der Waals surface area contributed by atoms with E-state index in [9.17, 15) is 0 Å². The number of aryl methyl sites for hydroxylation is 4. The summed E-state index contributed by atoms with van der Waals surface area (Å²) in [6.45, 7) is 8.51. The van der Waals surface area contributed by atoms with E-state index in [0.717, 1.165) is 12.8 Å². The van der Waals surface area contributed by atoms with Crippen LogP contribution in [0.15, 0.2) is 36.9 Å². The Bertz CT molecular complexity index is 433. The van der Waals surface area contributed by atoms with Crippen LogP contribution in [0.2, 0.25) is 0 Å².